The van der Waals surface area contributed by atoms with E-state index in [1.165, 1.54) is 0 Å². The Morgan fingerprint density at radius 2 is 1.76 bits per heavy atom. The Morgan fingerprint density at radius 3 is 2.62 bits per heavy atom. The van der Waals surface area contributed by atoms with Gasteiger partial charge >= 0.3 is 0 Å². The number of aromatic nitrogens is 3. The normalized spacial score (nSPS) is 10.6. The molecule has 0 unspecified atom stereocenters. The van der Waals surface area contributed by atoms with Gasteiger partial charge < -0.3 is 15.4 Å². The number of aryl methyl sites for hydroxylation is 1. The van der Waals surface area contributed by atoms with E-state index in [4.69, 9.17) is 4.74 Å². The zero-order chi connectivity index (χ0) is 20.2. The summed E-state index contributed by atoms with van der Waals surface area (Å²) in [6, 6.07) is 18.5. The van der Waals surface area contributed by atoms with Gasteiger partial charge in [0.2, 0.25) is 5.95 Å². The Hall–Kier alpha value is -4.00. The standard InChI is InChI=1S/C22H19N5O2/c1-14-13-18(21(28)25-16-9-3-4-11-19(16)29-2)27-22(24-14)26-17-10-5-7-15-8-6-12-23-20(15)17/h3-13H,1-2H3,(H,25,28)(H,24,26,27). The van der Waals surface area contributed by atoms with E-state index in [0.717, 1.165) is 16.6 Å². The summed E-state index contributed by atoms with van der Waals surface area (Å²) in [6.07, 6.45) is 1.73. The molecular weight excluding hydrogens is 366 g/mol. The summed E-state index contributed by atoms with van der Waals surface area (Å²) in [5, 5.41) is 7.01. The number of benzene rings is 2. The van der Waals surface area contributed by atoms with Crippen molar-refractivity contribution in [2.45, 2.75) is 6.92 Å². The van der Waals surface area contributed by atoms with E-state index in [9.17, 15) is 4.79 Å². The number of hydrogen-bond acceptors (Lipinski definition) is 6. The Kier molecular flexibility index (Phi) is 5.03. The molecule has 0 radical (unpaired) electrons. The Labute approximate surface area is 167 Å². The maximum atomic E-state index is 12.8. The van der Waals surface area contributed by atoms with E-state index in [2.05, 4.69) is 25.6 Å². The fourth-order valence-corrected chi connectivity index (χ4v) is 3.00. The van der Waals surface area contributed by atoms with Crippen LogP contribution in [0.3, 0.4) is 0 Å². The second kappa shape index (κ2) is 7.93. The highest BCUT2D eigenvalue weighted by Crippen LogP contribution is 2.25. The molecule has 0 aliphatic rings. The lowest BCUT2D eigenvalue weighted by atomic mass is 10.2. The van der Waals surface area contributed by atoms with Crippen molar-refractivity contribution in [3.8, 4) is 5.75 Å². The molecule has 0 aliphatic heterocycles. The molecule has 29 heavy (non-hydrogen) atoms. The molecule has 144 valence electrons. The maximum Gasteiger partial charge on any atom is 0.274 e. The highest BCUT2D eigenvalue weighted by Gasteiger charge is 2.14. The third-order valence-electron chi connectivity index (χ3n) is 4.32. The fraction of sp³-hybridized carbons (Fsp3) is 0.0909. The van der Waals surface area contributed by atoms with Gasteiger partial charge in [0.1, 0.15) is 11.4 Å². The first-order valence-corrected chi connectivity index (χ1v) is 9.05. The van der Waals surface area contributed by atoms with Crippen molar-refractivity contribution in [1.29, 1.82) is 0 Å². The van der Waals surface area contributed by atoms with Crippen molar-refractivity contribution in [2.24, 2.45) is 0 Å². The average Bonchev–Trinajstić information content (AvgIpc) is 2.74. The molecule has 7 nitrogen and oxygen atoms in total. The van der Waals surface area contributed by atoms with Gasteiger partial charge in [-0.05, 0) is 37.3 Å². The zero-order valence-corrected chi connectivity index (χ0v) is 16.0. The summed E-state index contributed by atoms with van der Waals surface area (Å²) < 4.78 is 5.28. The first-order chi connectivity index (χ1) is 14.1. The summed E-state index contributed by atoms with van der Waals surface area (Å²) in [6.45, 7) is 1.81. The molecule has 4 aromatic rings. The summed E-state index contributed by atoms with van der Waals surface area (Å²) in [5.74, 6) is 0.555. The molecular formula is C22H19N5O2. The van der Waals surface area contributed by atoms with Gasteiger partial charge in [-0.25, -0.2) is 9.97 Å². The van der Waals surface area contributed by atoms with Crippen LogP contribution in [0.1, 0.15) is 16.2 Å². The monoisotopic (exact) mass is 385 g/mol. The van der Waals surface area contributed by atoms with Crippen molar-refractivity contribution < 1.29 is 9.53 Å². The van der Waals surface area contributed by atoms with E-state index in [1.807, 2.05) is 49.4 Å². The molecule has 0 fully saturated rings. The summed E-state index contributed by atoms with van der Waals surface area (Å²) >= 11 is 0. The van der Waals surface area contributed by atoms with Crippen LogP contribution in [0.5, 0.6) is 5.75 Å². The molecule has 0 saturated heterocycles. The number of fused-ring (bicyclic) bond motifs is 1. The number of anilines is 3. The highest BCUT2D eigenvalue weighted by molar-refractivity contribution is 6.04. The van der Waals surface area contributed by atoms with Crippen LogP contribution < -0.4 is 15.4 Å². The van der Waals surface area contributed by atoms with Crippen molar-refractivity contribution >= 4 is 34.1 Å². The van der Waals surface area contributed by atoms with Crippen LogP contribution in [-0.2, 0) is 0 Å². The number of ether oxygens (including phenoxy) is 1. The maximum absolute atomic E-state index is 12.8. The molecule has 2 N–H and O–H groups in total. The number of carbonyl (C=O) groups is 1. The summed E-state index contributed by atoms with van der Waals surface area (Å²) in [4.78, 5) is 26.0. The lowest BCUT2D eigenvalue weighted by molar-refractivity contribution is 0.102. The number of nitrogens with one attached hydrogen (secondary N) is 2. The molecule has 2 aromatic carbocycles. The van der Waals surface area contributed by atoms with Crippen LogP contribution in [0, 0.1) is 6.92 Å². The number of methoxy groups -OCH3 is 1. The largest absolute Gasteiger partial charge is 0.495 e. The molecule has 0 spiro atoms. The molecule has 4 rings (SSSR count). The van der Waals surface area contributed by atoms with Gasteiger partial charge in [-0.15, -0.1) is 0 Å². The van der Waals surface area contributed by atoms with Gasteiger partial charge in [0, 0.05) is 17.3 Å². The second-order valence-electron chi connectivity index (χ2n) is 6.38. The third-order valence-corrected chi connectivity index (χ3v) is 4.32. The summed E-state index contributed by atoms with van der Waals surface area (Å²) in [5.41, 5.74) is 3.06. The number of amides is 1. The molecule has 0 bridgehead atoms. The molecule has 0 aliphatic carbocycles. The minimum absolute atomic E-state index is 0.249. The van der Waals surface area contributed by atoms with Crippen LogP contribution in [0.2, 0.25) is 0 Å². The van der Waals surface area contributed by atoms with Gasteiger partial charge in [0.05, 0.1) is 24.0 Å². The van der Waals surface area contributed by atoms with Crippen LogP contribution in [-0.4, -0.2) is 28.0 Å². The van der Waals surface area contributed by atoms with E-state index >= 15 is 0 Å². The van der Waals surface area contributed by atoms with Crippen LogP contribution in [0.15, 0.2) is 66.9 Å². The number of para-hydroxylation sites is 3. The molecule has 2 aromatic heterocycles. The van der Waals surface area contributed by atoms with Gasteiger partial charge in [-0.1, -0.05) is 30.3 Å². The first kappa shape index (κ1) is 18.4. The molecule has 2 heterocycles. The molecule has 0 saturated carbocycles. The number of pyridine rings is 1. The average molecular weight is 385 g/mol. The highest BCUT2D eigenvalue weighted by atomic mass is 16.5. The van der Waals surface area contributed by atoms with Crippen LogP contribution in [0.4, 0.5) is 17.3 Å². The Balaban J connectivity index is 1.63. The SMILES string of the molecule is COc1ccccc1NC(=O)c1cc(C)nc(Nc2cccc3cccnc23)n1. The van der Waals surface area contributed by atoms with Gasteiger partial charge in [-0.3, -0.25) is 9.78 Å². The van der Waals surface area contributed by atoms with Crippen molar-refractivity contribution in [3.63, 3.8) is 0 Å². The van der Waals surface area contributed by atoms with Gasteiger partial charge in [-0.2, -0.15) is 0 Å². The van der Waals surface area contributed by atoms with Gasteiger partial charge in [0.25, 0.3) is 5.91 Å². The Morgan fingerprint density at radius 1 is 0.966 bits per heavy atom. The van der Waals surface area contributed by atoms with Gasteiger partial charge in [0.15, 0.2) is 0 Å². The van der Waals surface area contributed by atoms with E-state index in [0.29, 0.717) is 23.1 Å². The Bertz CT molecular complexity index is 1190. The lowest BCUT2D eigenvalue weighted by Gasteiger charge is -2.11. The predicted molar refractivity (Wildman–Crippen MR) is 113 cm³/mol. The number of nitrogens with zero attached hydrogens (tertiary/aromatic N) is 3. The van der Waals surface area contributed by atoms with Crippen molar-refractivity contribution in [2.75, 3.05) is 17.7 Å². The lowest BCUT2D eigenvalue weighted by Crippen LogP contribution is -2.16. The minimum atomic E-state index is -0.348. The van der Waals surface area contributed by atoms with E-state index in [-0.39, 0.29) is 11.6 Å². The third kappa shape index (κ3) is 3.98. The quantitative estimate of drug-likeness (QED) is 0.531. The van der Waals surface area contributed by atoms with Crippen molar-refractivity contribution in [1.82, 2.24) is 15.0 Å². The summed E-state index contributed by atoms with van der Waals surface area (Å²) in [7, 11) is 1.56. The smallest absolute Gasteiger partial charge is 0.274 e. The van der Waals surface area contributed by atoms with Crippen LogP contribution in [0.25, 0.3) is 10.9 Å². The minimum Gasteiger partial charge on any atom is -0.495 e. The fourth-order valence-electron chi connectivity index (χ4n) is 3.00. The number of rotatable bonds is 5. The van der Waals surface area contributed by atoms with Crippen LogP contribution >= 0.6 is 0 Å². The molecule has 0 atom stereocenters. The topological polar surface area (TPSA) is 89.0 Å². The molecule has 1 amide bonds. The second-order valence-corrected chi connectivity index (χ2v) is 6.38. The number of hydrogen-bond donors (Lipinski definition) is 2. The van der Waals surface area contributed by atoms with E-state index < -0.39 is 0 Å². The van der Waals surface area contributed by atoms with Crippen molar-refractivity contribution in [3.05, 3.63) is 78.2 Å². The first-order valence-electron chi connectivity index (χ1n) is 9.05. The number of carbonyl (C=O) groups excluding carboxylic acids is 1. The van der Waals surface area contributed by atoms with E-state index in [1.54, 1.807) is 31.5 Å². The molecule has 7 heteroatoms. The predicted octanol–water partition coefficient (Wildman–Crippen LogP) is 4.34. The zero-order valence-electron chi connectivity index (χ0n) is 16.0.